The summed E-state index contributed by atoms with van der Waals surface area (Å²) >= 11 is 0. The van der Waals surface area contributed by atoms with E-state index >= 15 is 0 Å². The maximum atomic E-state index is 12.6. The minimum Gasteiger partial charge on any atom is -0.490 e. The van der Waals surface area contributed by atoms with Crippen molar-refractivity contribution >= 4 is 28.7 Å². The summed E-state index contributed by atoms with van der Waals surface area (Å²) in [5, 5.41) is 6.56. The van der Waals surface area contributed by atoms with Gasteiger partial charge in [-0.1, -0.05) is 41.5 Å². The van der Waals surface area contributed by atoms with Gasteiger partial charge in [0.05, 0.1) is 6.61 Å². The van der Waals surface area contributed by atoms with E-state index in [0.29, 0.717) is 18.8 Å². The zero-order valence-electron chi connectivity index (χ0n) is 22.5. The van der Waals surface area contributed by atoms with Crippen molar-refractivity contribution in [2.24, 2.45) is 17.8 Å². The van der Waals surface area contributed by atoms with E-state index in [0.717, 1.165) is 11.3 Å². The predicted molar refractivity (Wildman–Crippen MR) is 140 cm³/mol. The summed E-state index contributed by atoms with van der Waals surface area (Å²) in [6.45, 7) is 14.1. The van der Waals surface area contributed by atoms with Gasteiger partial charge in [-0.15, -0.1) is 0 Å². The molecule has 1 saturated carbocycles. The van der Waals surface area contributed by atoms with Crippen LogP contribution in [0.5, 0.6) is 5.75 Å². The van der Waals surface area contributed by atoms with Crippen LogP contribution < -0.4 is 15.4 Å². The van der Waals surface area contributed by atoms with Crippen LogP contribution in [0.2, 0.25) is 0 Å². The van der Waals surface area contributed by atoms with Crippen molar-refractivity contribution in [2.75, 3.05) is 6.61 Å². The van der Waals surface area contributed by atoms with Gasteiger partial charge in [0.25, 0.3) is 0 Å². The number of ether oxygens (including phenoxy) is 2. The molecule has 5 atom stereocenters. The highest BCUT2D eigenvalue weighted by Crippen LogP contribution is 2.35. The van der Waals surface area contributed by atoms with Crippen LogP contribution in [-0.4, -0.2) is 47.6 Å². The smallest absolute Gasteiger partial charge is 0.328 e. The number of aromatic nitrogens is 1. The lowest BCUT2D eigenvalue weighted by Crippen LogP contribution is -2.54. The molecule has 0 saturated heterocycles. The highest BCUT2D eigenvalue weighted by molar-refractivity contribution is 6.35. The number of H-pyrrole nitrogens is 1. The first-order valence-corrected chi connectivity index (χ1v) is 13.1. The number of rotatable bonds is 8. The highest BCUT2D eigenvalue weighted by atomic mass is 16.5. The molecule has 2 aromatic rings. The Bertz CT molecular complexity index is 1060. The van der Waals surface area contributed by atoms with Crippen molar-refractivity contribution in [1.82, 2.24) is 15.6 Å². The number of amides is 2. The number of aromatic amines is 1. The molecule has 0 bridgehead atoms. The van der Waals surface area contributed by atoms with Crippen molar-refractivity contribution in [1.29, 1.82) is 0 Å². The summed E-state index contributed by atoms with van der Waals surface area (Å²) < 4.78 is 11.5. The number of hydrogen-bond donors (Lipinski definition) is 3. The monoisotopic (exact) mass is 499 g/mol. The Morgan fingerprint density at radius 1 is 1.06 bits per heavy atom. The Morgan fingerprint density at radius 2 is 1.72 bits per heavy atom. The maximum Gasteiger partial charge on any atom is 0.328 e. The van der Waals surface area contributed by atoms with E-state index in [2.05, 4.69) is 61.6 Å². The van der Waals surface area contributed by atoms with Gasteiger partial charge in [-0.25, -0.2) is 4.79 Å². The Morgan fingerprint density at radius 3 is 2.31 bits per heavy atom. The van der Waals surface area contributed by atoms with Gasteiger partial charge < -0.3 is 25.1 Å². The van der Waals surface area contributed by atoms with Gasteiger partial charge in [-0.05, 0) is 67.2 Å². The summed E-state index contributed by atoms with van der Waals surface area (Å²) in [6, 6.07) is 5.14. The molecule has 198 valence electrons. The molecule has 3 rings (SSSR count). The summed E-state index contributed by atoms with van der Waals surface area (Å²) in [6.07, 6.45) is 3.46. The topological polar surface area (TPSA) is 110 Å². The molecular weight excluding hydrogens is 458 g/mol. The summed E-state index contributed by atoms with van der Waals surface area (Å²) in [5.74, 6) is -0.672. The number of fused-ring (bicyclic) bond motifs is 1. The number of nitrogens with one attached hydrogen (secondary N) is 3. The third-order valence-electron chi connectivity index (χ3n) is 7.05. The molecule has 36 heavy (non-hydrogen) atoms. The van der Waals surface area contributed by atoms with Crippen LogP contribution in [0.15, 0.2) is 24.4 Å². The fraction of sp³-hybridized carbons (Fsp3) is 0.607. The molecule has 8 heteroatoms. The zero-order valence-corrected chi connectivity index (χ0v) is 22.5. The molecule has 0 aliphatic heterocycles. The van der Waals surface area contributed by atoms with Gasteiger partial charge in [0.1, 0.15) is 17.9 Å². The van der Waals surface area contributed by atoms with Crippen molar-refractivity contribution in [3.8, 4) is 5.75 Å². The molecule has 1 aliphatic rings. The van der Waals surface area contributed by atoms with Gasteiger partial charge in [0, 0.05) is 23.1 Å². The second-order valence-corrected chi connectivity index (χ2v) is 10.7. The highest BCUT2D eigenvalue weighted by Gasteiger charge is 2.37. The quantitative estimate of drug-likeness (QED) is 0.371. The minimum atomic E-state index is -0.862. The molecule has 1 aliphatic carbocycles. The van der Waals surface area contributed by atoms with E-state index < -0.39 is 23.8 Å². The fourth-order valence-electron chi connectivity index (χ4n) is 5.19. The average molecular weight is 500 g/mol. The van der Waals surface area contributed by atoms with Gasteiger partial charge in [-0.2, -0.15) is 0 Å². The van der Waals surface area contributed by atoms with Crippen LogP contribution in [0, 0.1) is 17.8 Å². The summed E-state index contributed by atoms with van der Waals surface area (Å²) in [5.41, 5.74) is 2.36. The van der Waals surface area contributed by atoms with E-state index in [4.69, 9.17) is 9.47 Å². The molecule has 1 aromatic heterocycles. The Balaban J connectivity index is 1.60. The molecule has 0 spiro atoms. The molecule has 0 radical (unpaired) electrons. The second-order valence-electron chi connectivity index (χ2n) is 10.7. The summed E-state index contributed by atoms with van der Waals surface area (Å²) in [7, 11) is 0. The van der Waals surface area contributed by atoms with Crippen LogP contribution in [0.25, 0.3) is 10.9 Å². The molecule has 8 nitrogen and oxygen atoms in total. The van der Waals surface area contributed by atoms with Crippen molar-refractivity contribution in [2.45, 2.75) is 85.4 Å². The van der Waals surface area contributed by atoms with E-state index in [1.54, 1.807) is 20.8 Å². The van der Waals surface area contributed by atoms with Gasteiger partial charge in [0.2, 0.25) is 0 Å². The third-order valence-corrected chi connectivity index (χ3v) is 7.05. The molecule has 1 aromatic carbocycles. The molecule has 1 fully saturated rings. The maximum absolute atomic E-state index is 12.6. The van der Waals surface area contributed by atoms with Crippen molar-refractivity contribution < 1.29 is 23.9 Å². The number of hydrogen-bond acceptors (Lipinski definition) is 5. The van der Waals surface area contributed by atoms with Crippen LogP contribution in [-0.2, 0) is 19.1 Å². The molecule has 2 amide bonds. The lowest BCUT2D eigenvalue weighted by Gasteiger charge is -2.39. The van der Waals surface area contributed by atoms with Crippen molar-refractivity contribution in [3.63, 3.8) is 0 Å². The van der Waals surface area contributed by atoms with E-state index in [1.807, 2.05) is 6.07 Å². The number of carbonyl (C=O) groups is 3. The van der Waals surface area contributed by atoms with E-state index in [9.17, 15) is 14.4 Å². The standard InChI is InChI=1S/C28H41N3O5/c1-8-35-28(34)24(16(4)5)31-27(33)26(32)30-19-11-17(6)25(18(7)12-19)36-20-9-10-23-21(13-20)22(14-29-23)15(2)3/h9-10,13-19,24-25,29H,8,11-12H2,1-7H3,(H,30,32)(H,31,33)/t17-,18+,19?,24?,25?. The van der Waals surface area contributed by atoms with Crippen LogP contribution >= 0.6 is 0 Å². The molecule has 3 unspecified atom stereocenters. The number of carbonyl (C=O) groups excluding carboxylic acids is 3. The normalized spacial score (nSPS) is 22.9. The van der Waals surface area contributed by atoms with Crippen LogP contribution in [0.4, 0.5) is 0 Å². The van der Waals surface area contributed by atoms with E-state index in [-0.39, 0.29) is 36.5 Å². The third kappa shape index (κ3) is 6.39. The lowest BCUT2D eigenvalue weighted by molar-refractivity contribution is -0.150. The SMILES string of the molecule is CCOC(=O)C(NC(=O)C(=O)NC1C[C@@H](C)C(Oc2ccc3[nH]cc(C(C)C)c3c2)[C@@H](C)C1)C(C)C. The number of benzene rings is 1. The van der Waals surface area contributed by atoms with Crippen molar-refractivity contribution in [3.05, 3.63) is 30.0 Å². The number of esters is 1. The predicted octanol–water partition coefficient (Wildman–Crippen LogP) is 4.29. The first-order valence-electron chi connectivity index (χ1n) is 13.1. The average Bonchev–Trinajstić information content (AvgIpc) is 3.23. The van der Waals surface area contributed by atoms with E-state index in [1.165, 1.54) is 10.9 Å². The zero-order chi connectivity index (χ0) is 26.6. The summed E-state index contributed by atoms with van der Waals surface area (Å²) in [4.78, 5) is 40.6. The van der Waals surface area contributed by atoms with Crippen LogP contribution in [0.1, 0.15) is 72.8 Å². The van der Waals surface area contributed by atoms with Gasteiger partial charge in [0.15, 0.2) is 0 Å². The Hall–Kier alpha value is -3.03. The second kappa shape index (κ2) is 11.8. The largest absolute Gasteiger partial charge is 0.490 e. The minimum absolute atomic E-state index is 0.00000546. The van der Waals surface area contributed by atoms with Gasteiger partial charge >= 0.3 is 17.8 Å². The van der Waals surface area contributed by atoms with Crippen LogP contribution in [0.3, 0.4) is 0 Å². The first kappa shape index (κ1) is 27.6. The first-order chi connectivity index (χ1) is 17.0. The lowest BCUT2D eigenvalue weighted by atomic mass is 9.77. The molecular formula is C28H41N3O5. The fourth-order valence-corrected chi connectivity index (χ4v) is 5.19. The Labute approximate surface area is 213 Å². The van der Waals surface area contributed by atoms with Gasteiger partial charge in [-0.3, -0.25) is 9.59 Å². The molecule has 3 N–H and O–H groups in total. The Kier molecular flexibility index (Phi) is 9.03. The molecule has 1 heterocycles.